The monoisotopic (exact) mass is 222 g/mol. The molecule has 0 amide bonds. The normalized spacial score (nSPS) is 36.9. The molecule has 2 bridgehead atoms. The molecular weight excluding hydrogens is 212 g/mol. The Bertz CT molecular complexity index is 319. The van der Waals surface area contributed by atoms with Crippen molar-refractivity contribution < 1.29 is 0 Å². The van der Waals surface area contributed by atoms with Crippen molar-refractivity contribution in [2.45, 2.75) is 29.5 Å². The van der Waals surface area contributed by atoms with Gasteiger partial charge in [0.05, 0.1) is 0 Å². The summed E-state index contributed by atoms with van der Waals surface area (Å²) in [6, 6.07) is 8.94. The SMILES string of the molecule is Br[C@@H]1C[C@@H]2C[C@H]1c1ccccc12. The third-order valence-electron chi connectivity index (χ3n) is 3.32. The van der Waals surface area contributed by atoms with E-state index in [9.17, 15) is 0 Å². The molecule has 0 unspecified atom stereocenters. The summed E-state index contributed by atoms with van der Waals surface area (Å²) in [6.45, 7) is 0. The zero-order chi connectivity index (χ0) is 8.13. The molecule has 1 aromatic rings. The molecule has 0 radical (unpaired) electrons. The van der Waals surface area contributed by atoms with Gasteiger partial charge in [0.1, 0.15) is 0 Å². The third kappa shape index (κ3) is 0.779. The van der Waals surface area contributed by atoms with Crippen LogP contribution in [0, 0.1) is 0 Å². The topological polar surface area (TPSA) is 0 Å². The zero-order valence-corrected chi connectivity index (χ0v) is 8.42. The predicted molar refractivity (Wildman–Crippen MR) is 53.9 cm³/mol. The summed E-state index contributed by atoms with van der Waals surface area (Å²) in [4.78, 5) is 0.748. The first-order chi connectivity index (χ1) is 5.86. The van der Waals surface area contributed by atoms with Crippen molar-refractivity contribution in [1.82, 2.24) is 0 Å². The van der Waals surface area contributed by atoms with Crippen molar-refractivity contribution in [3.63, 3.8) is 0 Å². The van der Waals surface area contributed by atoms with Crippen molar-refractivity contribution in [1.29, 1.82) is 0 Å². The number of alkyl halides is 1. The van der Waals surface area contributed by atoms with Gasteiger partial charge in [-0.05, 0) is 35.8 Å². The van der Waals surface area contributed by atoms with Crippen molar-refractivity contribution in [3.05, 3.63) is 35.4 Å². The largest absolute Gasteiger partial charge is 0.0884 e. The van der Waals surface area contributed by atoms with Crippen molar-refractivity contribution in [3.8, 4) is 0 Å². The van der Waals surface area contributed by atoms with E-state index in [1.54, 1.807) is 11.1 Å². The molecule has 0 heterocycles. The lowest BCUT2D eigenvalue weighted by Crippen LogP contribution is -2.08. The maximum atomic E-state index is 3.77. The summed E-state index contributed by atoms with van der Waals surface area (Å²) in [5.41, 5.74) is 3.23. The van der Waals surface area contributed by atoms with E-state index in [1.807, 2.05) is 0 Å². The molecule has 0 aromatic heterocycles. The Labute approximate surface area is 81.1 Å². The fourth-order valence-corrected chi connectivity index (χ4v) is 3.73. The number of benzene rings is 1. The van der Waals surface area contributed by atoms with Crippen LogP contribution < -0.4 is 0 Å². The van der Waals surface area contributed by atoms with Crippen LogP contribution in [0.3, 0.4) is 0 Å². The van der Waals surface area contributed by atoms with Gasteiger partial charge in [-0.1, -0.05) is 40.2 Å². The van der Waals surface area contributed by atoms with Crippen molar-refractivity contribution >= 4 is 15.9 Å². The lowest BCUT2D eigenvalue weighted by molar-refractivity contribution is 0.741. The molecule has 1 saturated carbocycles. The standard InChI is InChI=1S/C11H11Br/c12-11-6-7-5-10(11)9-4-2-1-3-8(7)9/h1-4,7,10-11H,5-6H2/t7-,10-,11+/m0/s1. The fourth-order valence-electron chi connectivity index (χ4n) is 2.78. The highest BCUT2D eigenvalue weighted by atomic mass is 79.9. The van der Waals surface area contributed by atoms with E-state index in [1.165, 1.54) is 12.8 Å². The average Bonchev–Trinajstić information content (AvgIpc) is 2.62. The molecule has 1 heteroatoms. The van der Waals surface area contributed by atoms with Gasteiger partial charge in [0.15, 0.2) is 0 Å². The van der Waals surface area contributed by atoms with Crippen LogP contribution in [0.25, 0.3) is 0 Å². The third-order valence-corrected chi connectivity index (χ3v) is 4.33. The molecule has 62 valence electrons. The molecular formula is C11H11Br. The van der Waals surface area contributed by atoms with E-state index >= 15 is 0 Å². The average molecular weight is 223 g/mol. The van der Waals surface area contributed by atoms with Crippen LogP contribution >= 0.6 is 15.9 Å². The maximum Gasteiger partial charge on any atom is 0.0220 e. The molecule has 0 saturated heterocycles. The highest BCUT2D eigenvalue weighted by molar-refractivity contribution is 9.09. The van der Waals surface area contributed by atoms with Crippen molar-refractivity contribution in [2.75, 3.05) is 0 Å². The van der Waals surface area contributed by atoms with Crippen LogP contribution in [-0.4, -0.2) is 4.83 Å². The summed E-state index contributed by atoms with van der Waals surface area (Å²) in [6.07, 6.45) is 2.73. The van der Waals surface area contributed by atoms with E-state index in [4.69, 9.17) is 0 Å². The van der Waals surface area contributed by atoms with Crippen LogP contribution in [0.1, 0.15) is 35.8 Å². The summed E-state index contributed by atoms with van der Waals surface area (Å²) in [5.74, 6) is 1.67. The summed E-state index contributed by atoms with van der Waals surface area (Å²) in [5, 5.41) is 0. The zero-order valence-electron chi connectivity index (χ0n) is 6.83. The van der Waals surface area contributed by atoms with Crippen LogP contribution in [0.4, 0.5) is 0 Å². The molecule has 2 aliphatic rings. The molecule has 0 N–H and O–H groups in total. The van der Waals surface area contributed by atoms with E-state index in [0.717, 1.165) is 16.7 Å². The number of hydrogen-bond acceptors (Lipinski definition) is 0. The van der Waals surface area contributed by atoms with Gasteiger partial charge in [0.25, 0.3) is 0 Å². The summed E-state index contributed by atoms with van der Waals surface area (Å²) >= 11 is 3.77. The second kappa shape index (κ2) is 2.35. The smallest absolute Gasteiger partial charge is 0.0220 e. The number of rotatable bonds is 0. The summed E-state index contributed by atoms with van der Waals surface area (Å²) < 4.78 is 0. The van der Waals surface area contributed by atoms with E-state index < -0.39 is 0 Å². The Morgan fingerprint density at radius 2 is 1.83 bits per heavy atom. The Kier molecular flexibility index (Phi) is 1.40. The molecule has 0 spiro atoms. The fraction of sp³-hybridized carbons (Fsp3) is 0.455. The number of fused-ring (bicyclic) bond motifs is 5. The van der Waals surface area contributed by atoms with Gasteiger partial charge >= 0.3 is 0 Å². The number of hydrogen-bond donors (Lipinski definition) is 0. The Morgan fingerprint density at radius 3 is 2.67 bits per heavy atom. The molecule has 2 aliphatic carbocycles. The van der Waals surface area contributed by atoms with Crippen LogP contribution in [0.2, 0.25) is 0 Å². The molecule has 1 aromatic carbocycles. The molecule has 3 rings (SSSR count). The van der Waals surface area contributed by atoms with Gasteiger partial charge in [-0.15, -0.1) is 0 Å². The van der Waals surface area contributed by atoms with Gasteiger partial charge < -0.3 is 0 Å². The molecule has 0 nitrogen and oxygen atoms in total. The van der Waals surface area contributed by atoms with Gasteiger partial charge in [-0.25, -0.2) is 0 Å². The first-order valence-corrected chi connectivity index (χ1v) is 5.50. The van der Waals surface area contributed by atoms with Gasteiger partial charge in [0, 0.05) is 4.83 Å². The van der Waals surface area contributed by atoms with Gasteiger partial charge in [-0.3, -0.25) is 0 Å². The quantitative estimate of drug-likeness (QED) is 0.591. The number of halogens is 1. The molecule has 1 fully saturated rings. The highest BCUT2D eigenvalue weighted by Crippen LogP contribution is 2.55. The van der Waals surface area contributed by atoms with E-state index in [-0.39, 0.29) is 0 Å². The second-order valence-corrected chi connectivity index (χ2v) is 5.10. The van der Waals surface area contributed by atoms with Crippen molar-refractivity contribution in [2.24, 2.45) is 0 Å². The summed E-state index contributed by atoms with van der Waals surface area (Å²) in [7, 11) is 0. The lowest BCUT2D eigenvalue weighted by Gasteiger charge is -2.19. The minimum Gasteiger partial charge on any atom is -0.0884 e. The lowest BCUT2D eigenvalue weighted by atomic mass is 9.92. The van der Waals surface area contributed by atoms with Gasteiger partial charge in [0.2, 0.25) is 0 Å². The molecule has 0 aliphatic heterocycles. The first kappa shape index (κ1) is 7.14. The Morgan fingerprint density at radius 1 is 1.08 bits per heavy atom. The van der Waals surface area contributed by atoms with E-state index in [0.29, 0.717) is 0 Å². The van der Waals surface area contributed by atoms with E-state index in [2.05, 4.69) is 40.2 Å². The highest BCUT2D eigenvalue weighted by Gasteiger charge is 2.41. The Balaban J connectivity index is 2.17. The molecule has 12 heavy (non-hydrogen) atoms. The minimum atomic E-state index is 0.748. The van der Waals surface area contributed by atoms with Gasteiger partial charge in [-0.2, -0.15) is 0 Å². The van der Waals surface area contributed by atoms with Crippen LogP contribution in [-0.2, 0) is 0 Å². The van der Waals surface area contributed by atoms with Crippen LogP contribution in [0.15, 0.2) is 24.3 Å². The molecule has 3 atom stereocenters. The predicted octanol–water partition coefficient (Wildman–Crippen LogP) is 3.42. The second-order valence-electron chi connectivity index (χ2n) is 3.92. The van der Waals surface area contributed by atoms with Crippen LogP contribution in [0.5, 0.6) is 0 Å². The minimum absolute atomic E-state index is 0.748. The Hall–Kier alpha value is -0.300. The first-order valence-electron chi connectivity index (χ1n) is 4.59. The maximum absolute atomic E-state index is 3.77.